The Morgan fingerprint density at radius 3 is 2.40 bits per heavy atom. The first kappa shape index (κ1) is 23.6. The zero-order valence-corrected chi connectivity index (χ0v) is 21.9. The number of hydrogen-bond donors (Lipinski definition) is 0. The Morgan fingerprint density at radius 1 is 1.06 bits per heavy atom. The first-order chi connectivity index (χ1) is 16.7. The number of fused-ring (bicyclic) bond motifs is 1. The van der Waals surface area contributed by atoms with E-state index >= 15 is 0 Å². The molecule has 0 bridgehead atoms. The van der Waals surface area contributed by atoms with Crippen molar-refractivity contribution < 1.29 is 9.53 Å². The molecular weight excluding hydrogens is 452 g/mol. The highest BCUT2D eigenvalue weighted by Crippen LogP contribution is 2.60. The highest BCUT2D eigenvalue weighted by atomic mass is 32.1. The van der Waals surface area contributed by atoms with E-state index < -0.39 is 5.60 Å². The summed E-state index contributed by atoms with van der Waals surface area (Å²) in [5.74, 6) is 0.684. The van der Waals surface area contributed by atoms with Crippen LogP contribution < -0.4 is 4.90 Å². The lowest BCUT2D eigenvalue weighted by atomic mass is 9.85. The van der Waals surface area contributed by atoms with Crippen LogP contribution >= 0.6 is 11.3 Å². The molecule has 2 atom stereocenters. The molecule has 0 radical (unpaired) electrons. The maximum atomic E-state index is 12.4. The second-order valence-electron chi connectivity index (χ2n) is 10.4. The van der Waals surface area contributed by atoms with Crippen LogP contribution in [0.4, 0.5) is 10.5 Å². The zero-order valence-electron chi connectivity index (χ0n) is 21.0. The summed E-state index contributed by atoms with van der Waals surface area (Å²) in [6.07, 6.45) is 2.03. The van der Waals surface area contributed by atoms with Crippen molar-refractivity contribution in [1.29, 1.82) is 0 Å². The van der Waals surface area contributed by atoms with Crippen LogP contribution in [0.2, 0.25) is 0 Å². The molecule has 0 spiro atoms. The summed E-state index contributed by atoms with van der Waals surface area (Å²) >= 11 is 1.72. The maximum Gasteiger partial charge on any atom is 0.414 e. The Bertz CT molecular complexity index is 1350. The van der Waals surface area contributed by atoms with Gasteiger partial charge in [0.25, 0.3) is 0 Å². The molecule has 4 aromatic rings. The minimum Gasteiger partial charge on any atom is -0.443 e. The van der Waals surface area contributed by atoms with E-state index in [0.717, 1.165) is 21.8 Å². The van der Waals surface area contributed by atoms with Crippen LogP contribution in [-0.2, 0) is 10.2 Å². The number of thiazole rings is 1. The molecule has 35 heavy (non-hydrogen) atoms. The van der Waals surface area contributed by atoms with Crippen molar-refractivity contribution >= 4 is 33.3 Å². The average Bonchev–Trinajstić information content (AvgIpc) is 3.45. The molecule has 1 aliphatic carbocycles. The van der Waals surface area contributed by atoms with Gasteiger partial charge in [0, 0.05) is 23.7 Å². The van der Waals surface area contributed by atoms with Gasteiger partial charge in [-0.15, -0.1) is 11.3 Å². The molecule has 0 saturated heterocycles. The SMILES string of the molecule is CCC1CC1(c1ccccc1)c1ccc2nc(-c3ccc(N(C)C(=O)OC(C)(C)C)cc3)sc2c1. The Morgan fingerprint density at radius 2 is 1.77 bits per heavy atom. The summed E-state index contributed by atoms with van der Waals surface area (Å²) < 4.78 is 6.69. The van der Waals surface area contributed by atoms with E-state index in [4.69, 9.17) is 9.72 Å². The largest absolute Gasteiger partial charge is 0.443 e. The number of benzene rings is 3. The van der Waals surface area contributed by atoms with Gasteiger partial charge in [0.05, 0.1) is 10.2 Å². The maximum absolute atomic E-state index is 12.4. The van der Waals surface area contributed by atoms with Gasteiger partial charge in [0.2, 0.25) is 0 Å². The van der Waals surface area contributed by atoms with E-state index in [-0.39, 0.29) is 11.5 Å². The predicted molar refractivity (Wildman–Crippen MR) is 145 cm³/mol. The molecule has 1 amide bonds. The van der Waals surface area contributed by atoms with Crippen LogP contribution in [0.1, 0.15) is 51.7 Å². The van der Waals surface area contributed by atoms with Gasteiger partial charge in [-0.25, -0.2) is 9.78 Å². The highest BCUT2D eigenvalue weighted by Gasteiger charge is 2.55. The third kappa shape index (κ3) is 4.45. The number of aromatic nitrogens is 1. The first-order valence-corrected chi connectivity index (χ1v) is 13.1. The first-order valence-electron chi connectivity index (χ1n) is 12.2. The minimum absolute atomic E-state index is 0.127. The molecular formula is C30H32N2O2S. The van der Waals surface area contributed by atoms with Gasteiger partial charge in [-0.1, -0.05) is 49.7 Å². The van der Waals surface area contributed by atoms with Crippen LogP contribution in [0.5, 0.6) is 0 Å². The van der Waals surface area contributed by atoms with Gasteiger partial charge in [-0.2, -0.15) is 0 Å². The number of hydrogen-bond acceptors (Lipinski definition) is 4. The van der Waals surface area contributed by atoms with Crippen molar-refractivity contribution in [2.24, 2.45) is 5.92 Å². The summed E-state index contributed by atoms with van der Waals surface area (Å²) in [6, 6.07) is 25.7. The van der Waals surface area contributed by atoms with Gasteiger partial charge in [-0.05, 0) is 80.6 Å². The summed E-state index contributed by atoms with van der Waals surface area (Å²) in [7, 11) is 1.73. The fourth-order valence-corrected chi connectivity index (χ4v) is 6.03. The van der Waals surface area contributed by atoms with Crippen molar-refractivity contribution in [3.05, 3.63) is 83.9 Å². The Labute approximate surface area is 211 Å². The number of ether oxygens (including phenoxy) is 1. The van der Waals surface area contributed by atoms with E-state index in [9.17, 15) is 4.79 Å². The summed E-state index contributed by atoms with van der Waals surface area (Å²) in [6.45, 7) is 7.90. The molecule has 1 heterocycles. The smallest absolute Gasteiger partial charge is 0.414 e. The average molecular weight is 485 g/mol. The van der Waals surface area contributed by atoms with Crippen molar-refractivity contribution in [3.63, 3.8) is 0 Å². The lowest BCUT2D eigenvalue weighted by Crippen LogP contribution is -2.34. The van der Waals surface area contributed by atoms with E-state index in [1.807, 2.05) is 45.0 Å². The molecule has 1 saturated carbocycles. The summed E-state index contributed by atoms with van der Waals surface area (Å²) in [5, 5.41) is 0.986. The Kier molecular flexibility index (Phi) is 5.92. The van der Waals surface area contributed by atoms with Crippen molar-refractivity contribution in [1.82, 2.24) is 4.98 Å². The van der Waals surface area contributed by atoms with Gasteiger partial charge in [0.15, 0.2) is 0 Å². The fourth-order valence-electron chi connectivity index (χ4n) is 5.02. The number of amides is 1. The predicted octanol–water partition coefficient (Wildman–Crippen LogP) is 8.05. The van der Waals surface area contributed by atoms with Crippen LogP contribution in [0.15, 0.2) is 72.8 Å². The third-order valence-corrected chi connectivity index (χ3v) is 8.03. The van der Waals surface area contributed by atoms with Crippen molar-refractivity contribution in [2.75, 3.05) is 11.9 Å². The molecule has 1 aromatic heterocycles. The van der Waals surface area contributed by atoms with E-state index in [1.54, 1.807) is 18.4 Å². The van der Waals surface area contributed by atoms with Crippen molar-refractivity contribution in [3.8, 4) is 10.6 Å². The number of anilines is 1. The second-order valence-corrected chi connectivity index (χ2v) is 11.5. The monoisotopic (exact) mass is 484 g/mol. The van der Waals surface area contributed by atoms with Crippen molar-refractivity contribution in [2.45, 2.75) is 51.6 Å². The van der Waals surface area contributed by atoms with Gasteiger partial charge in [0.1, 0.15) is 10.6 Å². The Hall–Kier alpha value is -3.18. The molecule has 0 aliphatic heterocycles. The number of rotatable bonds is 5. The standard InChI is InChI=1S/C30H32N2O2S/c1-6-21-19-30(21,22-10-8-7-9-11-22)23-14-17-25-26(18-23)35-27(31-25)20-12-15-24(16-13-20)32(5)28(33)34-29(2,3)4/h7-18,21H,6,19H2,1-5H3. The number of carbonyl (C=O) groups is 1. The lowest BCUT2D eigenvalue weighted by molar-refractivity contribution is 0.0589. The third-order valence-electron chi connectivity index (χ3n) is 6.96. The second kappa shape index (κ2) is 8.80. The van der Waals surface area contributed by atoms with Crippen LogP contribution in [0.25, 0.3) is 20.8 Å². The highest BCUT2D eigenvalue weighted by molar-refractivity contribution is 7.21. The topological polar surface area (TPSA) is 42.4 Å². The molecule has 0 N–H and O–H groups in total. The van der Waals surface area contributed by atoms with E-state index in [0.29, 0.717) is 5.92 Å². The zero-order chi connectivity index (χ0) is 24.8. The normalized spacial score (nSPS) is 19.5. The molecule has 4 nitrogen and oxygen atoms in total. The van der Waals surface area contributed by atoms with Crippen LogP contribution in [0.3, 0.4) is 0 Å². The minimum atomic E-state index is -0.526. The molecule has 3 aromatic carbocycles. The van der Waals surface area contributed by atoms with Gasteiger partial charge < -0.3 is 4.74 Å². The van der Waals surface area contributed by atoms with Gasteiger partial charge >= 0.3 is 6.09 Å². The van der Waals surface area contributed by atoms with Crippen LogP contribution in [-0.4, -0.2) is 23.7 Å². The Balaban J connectivity index is 1.42. The molecule has 180 valence electrons. The molecule has 5 heteroatoms. The number of carbonyl (C=O) groups excluding carboxylic acids is 1. The summed E-state index contributed by atoms with van der Waals surface area (Å²) in [4.78, 5) is 18.8. The quantitative estimate of drug-likeness (QED) is 0.288. The molecule has 1 fully saturated rings. The molecule has 2 unspecified atom stereocenters. The van der Waals surface area contributed by atoms with E-state index in [1.165, 1.54) is 33.6 Å². The molecule has 5 rings (SSSR count). The number of nitrogens with zero attached hydrogens (tertiary/aromatic N) is 2. The summed E-state index contributed by atoms with van der Waals surface area (Å²) in [5.41, 5.74) is 5.28. The van der Waals surface area contributed by atoms with Crippen LogP contribution in [0, 0.1) is 5.92 Å². The van der Waals surface area contributed by atoms with Gasteiger partial charge in [-0.3, -0.25) is 4.90 Å². The molecule has 1 aliphatic rings. The lowest BCUT2D eigenvalue weighted by Gasteiger charge is -2.24. The fraction of sp³-hybridized carbons (Fsp3) is 0.333. The van der Waals surface area contributed by atoms with E-state index in [2.05, 4.69) is 55.5 Å².